The van der Waals surface area contributed by atoms with Crippen molar-refractivity contribution in [1.82, 2.24) is 29.6 Å². The lowest BCUT2D eigenvalue weighted by atomic mass is 9.87. The van der Waals surface area contributed by atoms with Gasteiger partial charge < -0.3 is 21.4 Å². The van der Waals surface area contributed by atoms with Crippen LogP contribution in [0.3, 0.4) is 0 Å². The molecule has 1 aliphatic rings. The Kier molecular flexibility index (Phi) is 3.65. The van der Waals surface area contributed by atoms with Crippen molar-refractivity contribution in [2.24, 2.45) is 11.5 Å². The van der Waals surface area contributed by atoms with Crippen LogP contribution in [0.1, 0.15) is 12.8 Å². The average molecular weight is 339 g/mol. The summed E-state index contributed by atoms with van der Waals surface area (Å²) >= 11 is 0. The van der Waals surface area contributed by atoms with Crippen LogP contribution in [0.4, 0.5) is 0 Å². The van der Waals surface area contributed by atoms with Crippen LogP contribution in [0.25, 0.3) is 22.3 Å². The highest BCUT2D eigenvalue weighted by atomic mass is 15.3. The number of piperidine rings is 1. The smallest absolute Gasteiger partial charge is 0.188 e. The van der Waals surface area contributed by atoms with Gasteiger partial charge in [0, 0.05) is 43.0 Å². The Bertz CT molecular complexity index is 901. The van der Waals surface area contributed by atoms with E-state index in [0.29, 0.717) is 19.6 Å². The van der Waals surface area contributed by atoms with Crippen molar-refractivity contribution in [2.75, 3.05) is 19.6 Å². The van der Waals surface area contributed by atoms with Crippen molar-refractivity contribution < 1.29 is 0 Å². The predicted molar refractivity (Wildman–Crippen MR) is 94.9 cm³/mol. The molecule has 1 aliphatic heterocycles. The van der Waals surface area contributed by atoms with Crippen LogP contribution >= 0.6 is 0 Å². The molecule has 3 aromatic rings. The molecule has 1 fully saturated rings. The molecule has 0 spiro atoms. The number of aromatic amines is 1. The third-order valence-electron chi connectivity index (χ3n) is 5.11. The van der Waals surface area contributed by atoms with Gasteiger partial charge in [0.1, 0.15) is 12.0 Å². The lowest BCUT2D eigenvalue weighted by molar-refractivity contribution is 0.145. The maximum atomic E-state index is 7.59. The summed E-state index contributed by atoms with van der Waals surface area (Å²) < 4.78 is 1.96. The SMILES string of the molecule is N=C(N)N1CCC(CN)(n2cc(-c3ncnc4[nH]ccc34)cn2)CC1. The lowest BCUT2D eigenvalue weighted by Gasteiger charge is -2.41. The number of H-pyrrole nitrogens is 1. The fourth-order valence-corrected chi connectivity index (χ4v) is 3.50. The van der Waals surface area contributed by atoms with Crippen LogP contribution in [0.5, 0.6) is 0 Å². The zero-order valence-corrected chi connectivity index (χ0v) is 13.8. The molecule has 130 valence electrons. The zero-order chi connectivity index (χ0) is 17.4. The third-order valence-corrected chi connectivity index (χ3v) is 5.11. The summed E-state index contributed by atoms with van der Waals surface area (Å²) in [6.45, 7) is 1.90. The van der Waals surface area contributed by atoms with E-state index in [1.54, 1.807) is 6.33 Å². The van der Waals surface area contributed by atoms with Crippen LogP contribution in [0, 0.1) is 5.41 Å². The largest absolute Gasteiger partial charge is 0.370 e. The van der Waals surface area contributed by atoms with Crippen LogP contribution in [-0.4, -0.2) is 55.2 Å². The highest BCUT2D eigenvalue weighted by molar-refractivity contribution is 5.90. The van der Waals surface area contributed by atoms with E-state index in [0.717, 1.165) is 35.1 Å². The van der Waals surface area contributed by atoms with Gasteiger partial charge in [0.2, 0.25) is 0 Å². The molecule has 0 atom stereocenters. The normalized spacial score (nSPS) is 17.1. The molecule has 9 nitrogen and oxygen atoms in total. The van der Waals surface area contributed by atoms with Gasteiger partial charge in [-0.15, -0.1) is 0 Å². The molecule has 0 bridgehead atoms. The molecular formula is C16H21N9. The Morgan fingerprint density at radius 1 is 1.32 bits per heavy atom. The summed E-state index contributed by atoms with van der Waals surface area (Å²) in [5.41, 5.74) is 14.1. The van der Waals surface area contributed by atoms with Gasteiger partial charge >= 0.3 is 0 Å². The lowest BCUT2D eigenvalue weighted by Crippen LogP contribution is -2.53. The molecule has 0 saturated carbocycles. The molecule has 0 aliphatic carbocycles. The van der Waals surface area contributed by atoms with E-state index in [9.17, 15) is 0 Å². The van der Waals surface area contributed by atoms with Gasteiger partial charge in [0.25, 0.3) is 0 Å². The molecule has 0 radical (unpaired) electrons. The van der Waals surface area contributed by atoms with Crippen molar-refractivity contribution in [3.05, 3.63) is 31.0 Å². The average Bonchev–Trinajstić information content (AvgIpc) is 3.31. The number of rotatable bonds is 3. The molecular weight excluding hydrogens is 318 g/mol. The van der Waals surface area contributed by atoms with Gasteiger partial charge in [-0.1, -0.05) is 0 Å². The Hall–Kier alpha value is -2.94. The van der Waals surface area contributed by atoms with Gasteiger partial charge in [-0.2, -0.15) is 5.10 Å². The molecule has 0 amide bonds. The highest BCUT2D eigenvalue weighted by Crippen LogP contribution is 2.31. The van der Waals surface area contributed by atoms with E-state index in [1.807, 2.05) is 34.2 Å². The number of nitrogens with zero attached hydrogens (tertiary/aromatic N) is 5. The molecule has 1 saturated heterocycles. The topological polar surface area (TPSA) is 139 Å². The first-order valence-corrected chi connectivity index (χ1v) is 8.26. The van der Waals surface area contributed by atoms with Gasteiger partial charge in [0.05, 0.1) is 17.4 Å². The van der Waals surface area contributed by atoms with E-state index < -0.39 is 0 Å². The summed E-state index contributed by atoms with van der Waals surface area (Å²) in [5, 5.41) is 13.1. The predicted octanol–water partition coefficient (Wildman–Crippen LogP) is 0.465. The highest BCUT2D eigenvalue weighted by Gasteiger charge is 2.36. The summed E-state index contributed by atoms with van der Waals surface area (Å²) in [6, 6.07) is 1.96. The number of nitrogens with two attached hydrogens (primary N) is 2. The Balaban J connectivity index is 1.66. The zero-order valence-electron chi connectivity index (χ0n) is 13.8. The first kappa shape index (κ1) is 15.6. The Morgan fingerprint density at radius 2 is 2.12 bits per heavy atom. The van der Waals surface area contributed by atoms with Crippen molar-refractivity contribution in [3.63, 3.8) is 0 Å². The van der Waals surface area contributed by atoms with Gasteiger partial charge in [-0.25, -0.2) is 9.97 Å². The van der Waals surface area contributed by atoms with Gasteiger partial charge in [-0.05, 0) is 18.9 Å². The minimum absolute atomic E-state index is 0.114. The minimum Gasteiger partial charge on any atom is -0.370 e. The first-order valence-electron chi connectivity index (χ1n) is 8.26. The fourth-order valence-electron chi connectivity index (χ4n) is 3.50. The minimum atomic E-state index is -0.255. The number of hydrogen-bond acceptors (Lipinski definition) is 5. The molecule has 4 rings (SSSR count). The van der Waals surface area contributed by atoms with Gasteiger partial charge in [0.15, 0.2) is 5.96 Å². The van der Waals surface area contributed by atoms with Crippen molar-refractivity contribution >= 4 is 17.0 Å². The van der Waals surface area contributed by atoms with Crippen molar-refractivity contribution in [2.45, 2.75) is 18.4 Å². The first-order chi connectivity index (χ1) is 12.1. The Morgan fingerprint density at radius 3 is 2.84 bits per heavy atom. The van der Waals surface area contributed by atoms with Crippen molar-refractivity contribution in [1.29, 1.82) is 5.41 Å². The van der Waals surface area contributed by atoms with E-state index in [1.165, 1.54) is 0 Å². The molecule has 0 unspecified atom stereocenters. The van der Waals surface area contributed by atoms with Crippen LogP contribution < -0.4 is 11.5 Å². The number of aromatic nitrogens is 5. The standard InChI is InChI=1S/C16H21N9/c17-9-16(2-5-24(6-3-16)15(18)19)25-8-11(7-23-25)13-12-1-4-20-14(12)22-10-21-13/h1,4,7-8,10H,2-3,5-6,9,17H2,(H3,18,19)(H,20,21,22). The second-order valence-corrected chi connectivity index (χ2v) is 6.44. The fraction of sp³-hybridized carbons (Fsp3) is 0.375. The summed E-state index contributed by atoms with van der Waals surface area (Å²) in [7, 11) is 0. The second kappa shape index (κ2) is 5.85. The third kappa shape index (κ3) is 2.52. The summed E-state index contributed by atoms with van der Waals surface area (Å²) in [6.07, 6.45) is 8.83. The van der Waals surface area contributed by atoms with Crippen LogP contribution in [0.15, 0.2) is 31.0 Å². The molecule has 3 aromatic heterocycles. The maximum absolute atomic E-state index is 7.59. The molecule has 25 heavy (non-hydrogen) atoms. The van der Waals surface area contributed by atoms with Gasteiger partial charge in [-0.3, -0.25) is 10.1 Å². The monoisotopic (exact) mass is 339 g/mol. The quantitative estimate of drug-likeness (QED) is 0.404. The number of nitrogens with one attached hydrogen (secondary N) is 2. The molecule has 9 heteroatoms. The van der Waals surface area contributed by atoms with E-state index in [2.05, 4.69) is 20.1 Å². The molecule has 4 heterocycles. The van der Waals surface area contributed by atoms with Crippen LogP contribution in [0.2, 0.25) is 0 Å². The second-order valence-electron chi connectivity index (χ2n) is 6.44. The Labute approximate surface area is 144 Å². The summed E-state index contributed by atoms with van der Waals surface area (Å²) in [5.74, 6) is 0.114. The van der Waals surface area contributed by atoms with Crippen molar-refractivity contribution in [3.8, 4) is 11.3 Å². The number of guanidine groups is 1. The van der Waals surface area contributed by atoms with Crippen LogP contribution in [-0.2, 0) is 5.54 Å². The van der Waals surface area contributed by atoms with E-state index in [-0.39, 0.29) is 11.5 Å². The maximum Gasteiger partial charge on any atom is 0.188 e. The molecule has 6 N–H and O–H groups in total. The van der Waals surface area contributed by atoms with E-state index in [4.69, 9.17) is 16.9 Å². The number of likely N-dealkylation sites (tertiary alicyclic amines) is 1. The molecule has 0 aromatic carbocycles. The van der Waals surface area contributed by atoms with E-state index >= 15 is 0 Å². The number of fused-ring (bicyclic) bond motifs is 1. The summed E-state index contributed by atoms with van der Waals surface area (Å²) in [4.78, 5) is 13.6. The number of hydrogen-bond donors (Lipinski definition) is 4.